The molecule has 2 N–H and O–H groups in total. The minimum absolute atomic E-state index is 0.0109. The number of aryl methyl sites for hydroxylation is 1. The number of aromatic nitrogens is 1. The van der Waals surface area contributed by atoms with E-state index in [-0.39, 0.29) is 35.3 Å². The van der Waals surface area contributed by atoms with Crippen LogP contribution in [-0.2, 0) is 22.5 Å². The number of anilines is 2. The quantitative estimate of drug-likeness (QED) is 0.435. The van der Waals surface area contributed by atoms with Crippen molar-refractivity contribution in [2.45, 2.75) is 51.3 Å². The van der Waals surface area contributed by atoms with Crippen LogP contribution in [0.3, 0.4) is 0 Å². The van der Waals surface area contributed by atoms with Gasteiger partial charge in [0.1, 0.15) is 17.4 Å². The number of amides is 2. The van der Waals surface area contributed by atoms with Crippen molar-refractivity contribution >= 4 is 40.2 Å². The second-order valence-corrected chi connectivity index (χ2v) is 11.0. The molecular formula is C30H31FN4O7. The van der Waals surface area contributed by atoms with Gasteiger partial charge in [0, 0.05) is 37.9 Å². The van der Waals surface area contributed by atoms with Gasteiger partial charge in [-0.2, -0.15) is 0 Å². The maximum atomic E-state index is 15.9. The van der Waals surface area contributed by atoms with E-state index in [0.717, 1.165) is 30.0 Å². The molecule has 6 rings (SSSR count). The SMILES string of the molecule is COc1c(N2CCCc3cc(N4C[C@H](CNC(C)=O)OC4=O)ccc3C2)c(F)cc2c(=O)c(C(=O)O)cn(C3CC3)c12. The number of aromatic carboxylic acids is 1. The van der Waals surface area contributed by atoms with Gasteiger partial charge in [-0.1, -0.05) is 6.07 Å². The zero-order chi connectivity index (χ0) is 29.7. The zero-order valence-electron chi connectivity index (χ0n) is 23.3. The average molecular weight is 579 g/mol. The predicted octanol–water partition coefficient (Wildman–Crippen LogP) is 3.60. The first kappa shape index (κ1) is 27.6. The normalized spacial score (nSPS) is 18.5. The maximum Gasteiger partial charge on any atom is 0.414 e. The number of carbonyl (C=O) groups is 3. The van der Waals surface area contributed by atoms with E-state index < -0.39 is 35.0 Å². The lowest BCUT2D eigenvalue weighted by Crippen LogP contribution is -2.33. The van der Waals surface area contributed by atoms with Crippen LogP contribution in [0.4, 0.5) is 20.6 Å². The Bertz CT molecular complexity index is 1680. The summed E-state index contributed by atoms with van der Waals surface area (Å²) in [6.45, 7) is 2.84. The number of hydrogen-bond acceptors (Lipinski definition) is 7. The minimum atomic E-state index is -1.35. The second-order valence-electron chi connectivity index (χ2n) is 11.0. The molecule has 0 bridgehead atoms. The van der Waals surface area contributed by atoms with Gasteiger partial charge in [0.2, 0.25) is 11.3 Å². The van der Waals surface area contributed by atoms with E-state index in [9.17, 15) is 24.3 Å². The third-order valence-electron chi connectivity index (χ3n) is 8.08. The molecule has 0 unspecified atom stereocenters. The topological polar surface area (TPSA) is 130 Å². The molecule has 1 atom stereocenters. The number of carboxylic acids is 1. The molecule has 1 aromatic heterocycles. The van der Waals surface area contributed by atoms with Crippen molar-refractivity contribution in [2.24, 2.45) is 0 Å². The molecule has 42 heavy (non-hydrogen) atoms. The second kappa shape index (κ2) is 10.7. The Kier molecular flexibility index (Phi) is 6.99. The van der Waals surface area contributed by atoms with Gasteiger partial charge in [-0.25, -0.2) is 14.0 Å². The summed E-state index contributed by atoms with van der Waals surface area (Å²) in [7, 11) is 1.43. The Hall–Kier alpha value is -4.61. The molecular weight excluding hydrogens is 547 g/mol. The summed E-state index contributed by atoms with van der Waals surface area (Å²) in [5, 5.41) is 12.3. The maximum absolute atomic E-state index is 15.9. The van der Waals surface area contributed by atoms with E-state index in [1.165, 1.54) is 20.2 Å². The van der Waals surface area contributed by atoms with Crippen molar-refractivity contribution in [1.82, 2.24) is 9.88 Å². The third kappa shape index (κ3) is 4.90. The molecule has 1 aliphatic carbocycles. The fourth-order valence-corrected chi connectivity index (χ4v) is 5.92. The number of cyclic esters (lactones) is 1. The highest BCUT2D eigenvalue weighted by molar-refractivity contribution is 5.97. The van der Waals surface area contributed by atoms with Crippen LogP contribution in [0.1, 0.15) is 53.7 Å². The van der Waals surface area contributed by atoms with Crippen LogP contribution < -0.4 is 25.3 Å². The first-order valence-electron chi connectivity index (χ1n) is 13.9. The summed E-state index contributed by atoms with van der Waals surface area (Å²) in [5.41, 5.74) is 2.15. The van der Waals surface area contributed by atoms with Crippen molar-refractivity contribution in [3.63, 3.8) is 0 Å². The molecule has 3 aromatic rings. The van der Waals surface area contributed by atoms with Gasteiger partial charge >= 0.3 is 12.1 Å². The monoisotopic (exact) mass is 578 g/mol. The minimum Gasteiger partial charge on any atom is -0.492 e. The van der Waals surface area contributed by atoms with Crippen LogP contribution in [0.5, 0.6) is 5.75 Å². The van der Waals surface area contributed by atoms with Crippen molar-refractivity contribution in [3.05, 3.63) is 63.2 Å². The molecule has 3 heterocycles. The Balaban J connectivity index is 1.35. The number of ether oxygens (including phenoxy) is 2. The Morgan fingerprint density at radius 3 is 2.67 bits per heavy atom. The zero-order valence-corrected chi connectivity index (χ0v) is 23.3. The summed E-state index contributed by atoms with van der Waals surface area (Å²) >= 11 is 0. The van der Waals surface area contributed by atoms with Crippen molar-refractivity contribution in [3.8, 4) is 5.75 Å². The Morgan fingerprint density at radius 1 is 1.19 bits per heavy atom. The van der Waals surface area contributed by atoms with E-state index >= 15 is 4.39 Å². The average Bonchev–Trinajstić information content (AvgIpc) is 3.75. The summed E-state index contributed by atoms with van der Waals surface area (Å²) in [4.78, 5) is 52.1. The third-order valence-corrected chi connectivity index (χ3v) is 8.08. The highest BCUT2D eigenvalue weighted by Gasteiger charge is 2.34. The van der Waals surface area contributed by atoms with Crippen molar-refractivity contribution in [2.75, 3.05) is 36.5 Å². The molecule has 2 fully saturated rings. The van der Waals surface area contributed by atoms with Gasteiger partial charge < -0.3 is 29.4 Å². The molecule has 2 aromatic carbocycles. The summed E-state index contributed by atoms with van der Waals surface area (Å²) in [6.07, 6.45) is 3.47. The Labute approximate surface area is 240 Å². The highest BCUT2D eigenvalue weighted by atomic mass is 19.1. The van der Waals surface area contributed by atoms with E-state index in [1.807, 2.05) is 23.1 Å². The number of nitrogens with zero attached hydrogens (tertiary/aromatic N) is 3. The number of benzene rings is 2. The molecule has 220 valence electrons. The highest BCUT2D eigenvalue weighted by Crippen LogP contribution is 2.44. The van der Waals surface area contributed by atoms with Gasteiger partial charge in [0.25, 0.3) is 0 Å². The largest absolute Gasteiger partial charge is 0.492 e. The molecule has 2 aliphatic heterocycles. The number of fused-ring (bicyclic) bond motifs is 2. The lowest BCUT2D eigenvalue weighted by Gasteiger charge is -2.27. The van der Waals surface area contributed by atoms with E-state index in [2.05, 4.69) is 5.32 Å². The fourth-order valence-electron chi connectivity index (χ4n) is 5.92. The van der Waals surface area contributed by atoms with Crippen LogP contribution in [-0.4, -0.2) is 60.5 Å². The molecule has 2 amide bonds. The lowest BCUT2D eigenvalue weighted by atomic mass is 10.0. The standard InChI is InChI=1S/C30H31FN4O7/c1-16(36)32-12-21-14-35(30(40)42-21)20-6-5-18-13-33(9-3-4-17(18)10-20)26-24(31)11-22-25(28(26)41-2)34(19-7-8-19)15-23(27(22)37)29(38)39/h5-6,10-11,15,19,21H,3-4,7-9,12-14H2,1-2H3,(H,32,36)(H,38,39)/t21-/m0/s1. The number of hydrogen-bond donors (Lipinski definition) is 2. The number of pyridine rings is 1. The van der Waals surface area contributed by atoms with E-state index in [4.69, 9.17) is 9.47 Å². The van der Waals surface area contributed by atoms with Crippen molar-refractivity contribution in [1.29, 1.82) is 0 Å². The van der Waals surface area contributed by atoms with Gasteiger partial charge in [-0.15, -0.1) is 0 Å². The van der Waals surface area contributed by atoms with Gasteiger partial charge in [-0.05, 0) is 55.0 Å². The summed E-state index contributed by atoms with van der Waals surface area (Å²) < 4.78 is 28.8. The van der Waals surface area contributed by atoms with Crippen LogP contribution >= 0.6 is 0 Å². The smallest absolute Gasteiger partial charge is 0.414 e. The van der Waals surface area contributed by atoms with E-state index in [0.29, 0.717) is 43.7 Å². The van der Waals surface area contributed by atoms with Gasteiger partial charge in [-0.3, -0.25) is 14.5 Å². The van der Waals surface area contributed by atoms with Gasteiger partial charge in [0.15, 0.2) is 11.6 Å². The summed E-state index contributed by atoms with van der Waals surface area (Å²) in [6, 6.07) is 6.84. The number of carboxylic acid groups (broad SMARTS) is 1. The first-order valence-corrected chi connectivity index (χ1v) is 13.9. The number of rotatable bonds is 7. The fraction of sp³-hybridized carbons (Fsp3) is 0.400. The number of halogens is 1. The molecule has 12 heteroatoms. The molecule has 0 spiro atoms. The van der Waals surface area contributed by atoms with Crippen LogP contribution in [0.2, 0.25) is 0 Å². The summed E-state index contributed by atoms with van der Waals surface area (Å²) in [5.74, 6) is -2.00. The molecule has 1 saturated carbocycles. The molecule has 0 radical (unpaired) electrons. The first-order chi connectivity index (χ1) is 20.2. The number of carbonyl (C=O) groups excluding carboxylic acids is 2. The molecule has 3 aliphatic rings. The number of nitrogens with one attached hydrogen (secondary N) is 1. The lowest BCUT2D eigenvalue weighted by molar-refractivity contribution is -0.119. The molecule has 1 saturated heterocycles. The van der Waals surface area contributed by atoms with E-state index in [1.54, 1.807) is 9.47 Å². The Morgan fingerprint density at radius 2 is 1.98 bits per heavy atom. The molecule has 11 nitrogen and oxygen atoms in total. The van der Waals surface area contributed by atoms with Crippen LogP contribution in [0.25, 0.3) is 10.9 Å². The van der Waals surface area contributed by atoms with Crippen LogP contribution in [0.15, 0.2) is 35.3 Å². The van der Waals surface area contributed by atoms with Crippen LogP contribution in [0, 0.1) is 5.82 Å². The van der Waals surface area contributed by atoms with Gasteiger partial charge in [0.05, 0.1) is 31.1 Å². The number of methoxy groups -OCH3 is 1. The predicted molar refractivity (Wildman–Crippen MR) is 152 cm³/mol. The van der Waals surface area contributed by atoms with Crippen molar-refractivity contribution < 1.29 is 33.4 Å².